The van der Waals surface area contributed by atoms with E-state index in [1.807, 2.05) is 12.1 Å². The van der Waals surface area contributed by atoms with Gasteiger partial charge < -0.3 is 9.47 Å². The predicted molar refractivity (Wildman–Crippen MR) is 106 cm³/mol. The molecule has 0 aliphatic carbocycles. The Bertz CT molecular complexity index is 982. The summed E-state index contributed by atoms with van der Waals surface area (Å²) in [4.78, 5) is 29.6. The number of fused-ring (bicyclic) bond motifs is 1. The molecule has 0 radical (unpaired) electrons. The van der Waals surface area contributed by atoms with Gasteiger partial charge in [0.15, 0.2) is 0 Å². The number of carbonyl (C=O) groups is 1. The minimum Gasteiger partial charge on any atom is -0.494 e. The normalized spacial score (nSPS) is 10.9. The number of rotatable bonds is 8. The van der Waals surface area contributed by atoms with Crippen LogP contribution in [0.4, 0.5) is 0 Å². The van der Waals surface area contributed by atoms with E-state index in [1.54, 1.807) is 24.4 Å². The molecule has 2 heterocycles. The van der Waals surface area contributed by atoms with Gasteiger partial charge in [-0.3, -0.25) is 9.36 Å². The molecule has 8 heteroatoms. The molecule has 0 aliphatic rings. The summed E-state index contributed by atoms with van der Waals surface area (Å²) >= 11 is 7.10. The van der Waals surface area contributed by atoms with Crippen LogP contribution in [-0.2, 0) is 11.3 Å². The Morgan fingerprint density at radius 3 is 2.78 bits per heavy atom. The number of unbranched alkanes of at least 4 members (excludes halogenated alkanes) is 1. The number of hydrogen-bond donors (Lipinski definition) is 0. The van der Waals surface area contributed by atoms with Crippen molar-refractivity contribution in [3.05, 3.63) is 56.9 Å². The van der Waals surface area contributed by atoms with E-state index in [0.29, 0.717) is 28.4 Å². The van der Waals surface area contributed by atoms with Crippen LogP contribution in [0.1, 0.15) is 30.1 Å². The minimum absolute atomic E-state index is 0.220. The number of benzene rings is 1. The number of esters is 1. The maximum atomic E-state index is 12.7. The maximum Gasteiger partial charge on any atom is 0.339 e. The Balaban J connectivity index is 1.60. The van der Waals surface area contributed by atoms with E-state index in [0.717, 1.165) is 18.6 Å². The Kier molecular flexibility index (Phi) is 6.47. The second kappa shape index (κ2) is 9.01. The lowest BCUT2D eigenvalue weighted by Gasteiger charge is -2.08. The van der Waals surface area contributed by atoms with Gasteiger partial charge in [0, 0.05) is 16.9 Å². The molecule has 1 aromatic carbocycles. The van der Waals surface area contributed by atoms with Gasteiger partial charge in [-0.1, -0.05) is 11.6 Å². The van der Waals surface area contributed by atoms with Crippen LogP contribution in [0, 0.1) is 0 Å². The molecule has 0 N–H and O–H groups in total. The molecule has 0 bridgehead atoms. The summed E-state index contributed by atoms with van der Waals surface area (Å²) in [5.41, 5.74) is 0.0673. The standard InChI is InChI=1S/C19H19ClN2O4S/c1-2-25-19(24)15-11-27-17-16(15)18(23)22(12-21-17)9-3-4-10-26-14-7-5-13(20)6-8-14/h5-8,11-12H,2-4,9-10H2,1H3. The first-order valence-corrected chi connectivity index (χ1v) is 9.88. The van der Waals surface area contributed by atoms with Crippen LogP contribution in [0.15, 0.2) is 40.8 Å². The second-order valence-corrected chi connectivity index (χ2v) is 7.10. The summed E-state index contributed by atoms with van der Waals surface area (Å²) in [6, 6.07) is 7.19. The van der Waals surface area contributed by atoms with Crippen LogP contribution < -0.4 is 10.3 Å². The number of aryl methyl sites for hydroxylation is 1. The lowest BCUT2D eigenvalue weighted by molar-refractivity contribution is 0.0529. The van der Waals surface area contributed by atoms with Gasteiger partial charge >= 0.3 is 5.97 Å². The van der Waals surface area contributed by atoms with Gasteiger partial charge in [-0.25, -0.2) is 9.78 Å². The fourth-order valence-corrected chi connectivity index (χ4v) is 3.58. The van der Waals surface area contributed by atoms with Gasteiger partial charge in [-0.2, -0.15) is 0 Å². The second-order valence-electron chi connectivity index (χ2n) is 5.80. The van der Waals surface area contributed by atoms with Crippen LogP contribution >= 0.6 is 22.9 Å². The van der Waals surface area contributed by atoms with Crippen LogP contribution in [0.3, 0.4) is 0 Å². The summed E-state index contributed by atoms with van der Waals surface area (Å²) in [7, 11) is 0. The Morgan fingerprint density at radius 1 is 1.26 bits per heavy atom. The topological polar surface area (TPSA) is 70.4 Å². The van der Waals surface area contributed by atoms with E-state index in [-0.39, 0.29) is 17.7 Å². The van der Waals surface area contributed by atoms with Gasteiger partial charge in [0.25, 0.3) is 5.56 Å². The zero-order valence-electron chi connectivity index (χ0n) is 14.8. The zero-order chi connectivity index (χ0) is 19.2. The smallest absolute Gasteiger partial charge is 0.339 e. The van der Waals surface area contributed by atoms with Crippen molar-refractivity contribution in [1.29, 1.82) is 0 Å². The SMILES string of the molecule is CCOC(=O)c1csc2ncn(CCCCOc3ccc(Cl)cc3)c(=O)c12. The summed E-state index contributed by atoms with van der Waals surface area (Å²) in [6.07, 6.45) is 3.05. The monoisotopic (exact) mass is 406 g/mol. The molecule has 0 fully saturated rings. The van der Waals surface area contributed by atoms with Crippen LogP contribution in [0.2, 0.25) is 5.02 Å². The van der Waals surface area contributed by atoms with Crippen molar-refractivity contribution in [1.82, 2.24) is 9.55 Å². The number of hydrogen-bond acceptors (Lipinski definition) is 6. The summed E-state index contributed by atoms with van der Waals surface area (Å²) in [5.74, 6) is 0.272. The van der Waals surface area contributed by atoms with E-state index < -0.39 is 5.97 Å². The van der Waals surface area contributed by atoms with Crippen molar-refractivity contribution < 1.29 is 14.3 Å². The highest BCUT2D eigenvalue weighted by atomic mass is 35.5. The molecule has 142 valence electrons. The van der Waals surface area contributed by atoms with Crippen molar-refractivity contribution >= 4 is 39.1 Å². The number of carbonyl (C=O) groups excluding carboxylic acids is 1. The van der Waals surface area contributed by atoms with Crippen molar-refractivity contribution in [2.45, 2.75) is 26.3 Å². The molecule has 0 unspecified atom stereocenters. The fraction of sp³-hybridized carbons (Fsp3) is 0.316. The Morgan fingerprint density at radius 2 is 2.04 bits per heavy atom. The molecule has 0 saturated carbocycles. The first-order valence-electron chi connectivity index (χ1n) is 8.62. The molecule has 3 rings (SSSR count). The summed E-state index contributed by atoms with van der Waals surface area (Å²) in [6.45, 7) is 3.04. The van der Waals surface area contributed by atoms with Crippen molar-refractivity contribution in [3.8, 4) is 5.75 Å². The summed E-state index contributed by atoms with van der Waals surface area (Å²) < 4.78 is 12.2. The van der Waals surface area contributed by atoms with Gasteiger partial charge in [0.2, 0.25) is 0 Å². The molecular weight excluding hydrogens is 388 g/mol. The van der Waals surface area contributed by atoms with E-state index >= 15 is 0 Å². The molecule has 0 amide bonds. The van der Waals surface area contributed by atoms with E-state index in [9.17, 15) is 9.59 Å². The van der Waals surface area contributed by atoms with E-state index in [1.165, 1.54) is 22.2 Å². The molecule has 0 spiro atoms. The zero-order valence-corrected chi connectivity index (χ0v) is 16.4. The molecule has 0 aliphatic heterocycles. The average Bonchev–Trinajstić information content (AvgIpc) is 3.10. The third kappa shape index (κ3) is 4.67. The van der Waals surface area contributed by atoms with Crippen LogP contribution in [0.25, 0.3) is 10.2 Å². The van der Waals surface area contributed by atoms with Crippen molar-refractivity contribution in [3.63, 3.8) is 0 Å². The fourth-order valence-electron chi connectivity index (χ4n) is 2.59. The Hall–Kier alpha value is -2.38. The van der Waals surface area contributed by atoms with Crippen LogP contribution in [-0.4, -0.2) is 28.7 Å². The van der Waals surface area contributed by atoms with Crippen molar-refractivity contribution in [2.24, 2.45) is 0 Å². The first kappa shape index (κ1) is 19.4. The van der Waals surface area contributed by atoms with Crippen LogP contribution in [0.5, 0.6) is 5.75 Å². The quantitative estimate of drug-likeness (QED) is 0.415. The largest absolute Gasteiger partial charge is 0.494 e. The predicted octanol–water partition coefficient (Wildman–Crippen LogP) is 4.15. The maximum absolute atomic E-state index is 12.7. The van der Waals surface area contributed by atoms with Gasteiger partial charge in [-0.05, 0) is 44.0 Å². The number of nitrogens with zero attached hydrogens (tertiary/aromatic N) is 2. The number of thiophene rings is 1. The van der Waals surface area contributed by atoms with E-state index in [4.69, 9.17) is 21.1 Å². The molecule has 27 heavy (non-hydrogen) atoms. The molecule has 2 aromatic heterocycles. The minimum atomic E-state index is -0.489. The lowest BCUT2D eigenvalue weighted by Crippen LogP contribution is -2.22. The summed E-state index contributed by atoms with van der Waals surface area (Å²) in [5, 5.41) is 2.63. The highest BCUT2D eigenvalue weighted by Crippen LogP contribution is 2.21. The number of ether oxygens (including phenoxy) is 2. The third-order valence-electron chi connectivity index (χ3n) is 3.93. The number of aromatic nitrogens is 2. The number of halogens is 1. The molecule has 6 nitrogen and oxygen atoms in total. The molecular formula is C19H19ClN2O4S. The first-order chi connectivity index (χ1) is 13.1. The van der Waals surface area contributed by atoms with E-state index in [2.05, 4.69) is 4.98 Å². The molecule has 3 aromatic rings. The highest BCUT2D eigenvalue weighted by Gasteiger charge is 2.18. The van der Waals surface area contributed by atoms with Gasteiger partial charge in [-0.15, -0.1) is 11.3 Å². The highest BCUT2D eigenvalue weighted by molar-refractivity contribution is 7.17. The average molecular weight is 407 g/mol. The van der Waals surface area contributed by atoms with Gasteiger partial charge in [0.05, 0.1) is 30.5 Å². The Labute approximate surface area is 165 Å². The lowest BCUT2D eigenvalue weighted by atomic mass is 10.2. The van der Waals surface area contributed by atoms with Gasteiger partial charge in [0.1, 0.15) is 10.6 Å². The molecule has 0 saturated heterocycles. The van der Waals surface area contributed by atoms with Crippen molar-refractivity contribution in [2.75, 3.05) is 13.2 Å². The molecule has 0 atom stereocenters. The third-order valence-corrected chi connectivity index (χ3v) is 5.07.